The Labute approximate surface area is 310 Å². The molecule has 0 aliphatic carbocycles. The first kappa shape index (κ1) is 38.5. The van der Waals surface area contributed by atoms with Crippen molar-refractivity contribution in [2.75, 3.05) is 18.5 Å². The van der Waals surface area contributed by atoms with Gasteiger partial charge in [0.05, 0.1) is 4.88 Å². The van der Waals surface area contributed by atoms with Crippen molar-refractivity contribution in [1.82, 2.24) is 15.5 Å². The van der Waals surface area contributed by atoms with Crippen LogP contribution in [0.5, 0.6) is 0 Å². The van der Waals surface area contributed by atoms with Gasteiger partial charge in [0.25, 0.3) is 17.7 Å². The molecule has 1 aliphatic heterocycles. The molecule has 5 rings (SSSR count). The van der Waals surface area contributed by atoms with Gasteiger partial charge in [-0.25, -0.2) is 0 Å². The predicted molar refractivity (Wildman–Crippen MR) is 199 cm³/mol. The number of nitrogens with one attached hydrogen (secondary N) is 2. The van der Waals surface area contributed by atoms with Crippen molar-refractivity contribution < 1.29 is 42.3 Å². The smallest absolute Gasteiger partial charge is 0.355 e. The number of benzene rings is 3. The first-order valence-corrected chi connectivity index (χ1v) is 19.3. The molecule has 3 aromatic carbocycles. The maximum atomic E-state index is 14.5. The van der Waals surface area contributed by atoms with Gasteiger partial charge in [0.1, 0.15) is 12.1 Å². The lowest BCUT2D eigenvalue weighted by Gasteiger charge is -2.36. The van der Waals surface area contributed by atoms with Gasteiger partial charge in [-0.3, -0.25) is 28.6 Å². The third-order valence-corrected chi connectivity index (χ3v) is 11.4. The predicted octanol–water partition coefficient (Wildman–Crippen LogP) is 6.59. The summed E-state index contributed by atoms with van der Waals surface area (Å²) in [7, 11) is -4.27. The summed E-state index contributed by atoms with van der Waals surface area (Å²) in [6.07, 6.45) is 0.922. The number of carbonyl (C=O) groups excluding carboxylic acids is 4. The molecule has 11 nitrogen and oxygen atoms in total. The number of fused-ring (bicyclic) bond motifs is 1. The lowest BCUT2D eigenvalue weighted by atomic mass is 9.85. The number of carbonyl (C=O) groups is 4. The molecule has 1 saturated heterocycles. The molecule has 270 valence electrons. The third-order valence-electron chi connectivity index (χ3n) is 8.58. The van der Waals surface area contributed by atoms with Gasteiger partial charge in [-0.1, -0.05) is 26.8 Å². The molecule has 1 aromatic heterocycles. The van der Waals surface area contributed by atoms with Gasteiger partial charge in [0.2, 0.25) is 5.91 Å². The van der Waals surface area contributed by atoms with Crippen molar-refractivity contribution in [3.05, 3.63) is 92.4 Å². The quantitative estimate of drug-likeness (QED) is 0.109. The molecule has 0 unspecified atom stereocenters. The number of nitrogens with zero attached hydrogens (tertiary/aromatic N) is 2. The number of rotatable bonds is 9. The van der Waals surface area contributed by atoms with Gasteiger partial charge < -0.3 is 25.3 Å². The molecular weight excluding hydrogens is 816 g/mol. The highest BCUT2D eigenvalue weighted by Gasteiger charge is 2.50. The molecule has 2 heterocycles. The molecule has 0 saturated carbocycles. The van der Waals surface area contributed by atoms with Crippen LogP contribution in [0, 0.1) is 8.99 Å². The largest absolute Gasteiger partial charge is 0.399 e. The fourth-order valence-electron chi connectivity index (χ4n) is 5.86. The highest BCUT2D eigenvalue weighted by Crippen LogP contribution is 2.59. The van der Waals surface area contributed by atoms with Crippen LogP contribution in [0.3, 0.4) is 0 Å². The number of halogens is 3. The van der Waals surface area contributed by atoms with Gasteiger partial charge >= 0.3 is 13.3 Å². The van der Waals surface area contributed by atoms with Crippen LogP contribution in [0.15, 0.2) is 72.8 Å². The standard InChI is InChI=1S/C35H36F2IN4O7PS/c1-34(2,3)29(40-31(44)28-19-21-18-22(9-16-27(21)51-28)35(36,37)50(47,48)49)33(46)41-17-5-6-26(41)32(45)42(25-14-10-23(38)11-15-25)24-12-7-20(8-13-24)30(43)39-4/h7-16,18-19,26,29H,5-6,17H2,1-4H3,(H,39,43)(H,40,44)(H2,47,48,49)/t26-,29+/m0/s1. The van der Waals surface area contributed by atoms with Crippen molar-refractivity contribution in [3.8, 4) is 0 Å². The minimum absolute atomic E-state index is 0.0998. The summed E-state index contributed by atoms with van der Waals surface area (Å²) in [5, 5.41) is 5.56. The van der Waals surface area contributed by atoms with E-state index in [0.717, 1.165) is 27.0 Å². The molecule has 1 fully saturated rings. The minimum Gasteiger partial charge on any atom is -0.355 e. The molecular formula is C35H36F2IN4O7PS. The van der Waals surface area contributed by atoms with Crippen molar-refractivity contribution in [3.63, 3.8) is 0 Å². The van der Waals surface area contributed by atoms with E-state index in [1.807, 2.05) is 12.1 Å². The zero-order valence-corrected chi connectivity index (χ0v) is 31.9. The normalized spacial score (nSPS) is 15.8. The number of hydrogen-bond acceptors (Lipinski definition) is 6. The van der Waals surface area contributed by atoms with Crippen LogP contribution in [0.1, 0.15) is 59.2 Å². The Bertz CT molecular complexity index is 2030. The summed E-state index contributed by atoms with van der Waals surface area (Å²) >= 11 is 3.14. The number of anilines is 2. The van der Waals surface area contributed by atoms with E-state index in [2.05, 4.69) is 33.2 Å². The Morgan fingerprint density at radius 1 is 0.961 bits per heavy atom. The summed E-state index contributed by atoms with van der Waals surface area (Å²) in [6, 6.07) is 16.3. The van der Waals surface area contributed by atoms with E-state index in [1.54, 1.807) is 57.2 Å². The molecule has 0 bridgehead atoms. The van der Waals surface area contributed by atoms with Crippen LogP contribution in [0.4, 0.5) is 20.2 Å². The van der Waals surface area contributed by atoms with Crippen LogP contribution in [0.2, 0.25) is 0 Å². The third kappa shape index (κ3) is 8.02. The van der Waals surface area contributed by atoms with Gasteiger partial charge in [-0.05, 0) is 113 Å². The zero-order chi connectivity index (χ0) is 37.5. The monoisotopic (exact) mass is 852 g/mol. The first-order valence-electron chi connectivity index (χ1n) is 15.8. The Morgan fingerprint density at radius 2 is 1.57 bits per heavy atom. The Hall–Kier alpha value is -3.76. The SMILES string of the molecule is CNC(=O)c1ccc(N(C(=O)[C@@H]2CCCN2C(=O)[C@@H](NC(=O)c2cc3cc(C(F)(F)P(=O)(O)O)ccc3s2)C(C)(C)C)c2ccc(I)cc2)cc1. The summed E-state index contributed by atoms with van der Waals surface area (Å²) in [4.78, 5) is 76.0. The first-order chi connectivity index (χ1) is 23.8. The van der Waals surface area contributed by atoms with Crippen molar-refractivity contribution >= 4 is 86.6 Å². The van der Waals surface area contributed by atoms with Gasteiger partial charge in [-0.2, -0.15) is 8.78 Å². The second-order valence-electron chi connectivity index (χ2n) is 13.2. The maximum Gasteiger partial charge on any atom is 0.399 e. The number of amides is 4. The lowest BCUT2D eigenvalue weighted by Crippen LogP contribution is -2.57. The topological polar surface area (TPSA) is 156 Å². The van der Waals surface area contributed by atoms with Gasteiger partial charge in [0, 0.05) is 44.4 Å². The Balaban J connectivity index is 1.42. The average molecular weight is 853 g/mol. The molecule has 16 heteroatoms. The van der Waals surface area contributed by atoms with E-state index < -0.39 is 48.1 Å². The van der Waals surface area contributed by atoms with Crippen molar-refractivity contribution in [2.45, 2.75) is 51.4 Å². The lowest BCUT2D eigenvalue weighted by molar-refractivity contribution is -0.140. The molecule has 0 spiro atoms. The van der Waals surface area contributed by atoms with Crippen LogP contribution >= 0.6 is 41.5 Å². The second kappa shape index (κ2) is 14.7. The summed E-state index contributed by atoms with van der Waals surface area (Å²) in [6.45, 7) is 5.59. The van der Waals surface area contributed by atoms with Crippen molar-refractivity contribution in [2.24, 2.45) is 5.41 Å². The average Bonchev–Trinajstić information content (AvgIpc) is 3.74. The molecule has 51 heavy (non-hydrogen) atoms. The molecule has 1 aliphatic rings. The van der Waals surface area contributed by atoms with E-state index in [0.29, 0.717) is 34.5 Å². The molecule has 0 radical (unpaired) electrons. The highest BCUT2D eigenvalue weighted by molar-refractivity contribution is 14.1. The summed E-state index contributed by atoms with van der Waals surface area (Å²) in [5.74, 6) is -1.75. The fraction of sp³-hybridized carbons (Fsp3) is 0.314. The fourth-order valence-corrected chi connectivity index (χ4v) is 7.64. The van der Waals surface area contributed by atoms with E-state index >= 15 is 0 Å². The van der Waals surface area contributed by atoms with Crippen LogP contribution in [-0.4, -0.2) is 64.0 Å². The Kier molecular flexibility index (Phi) is 11.1. The van der Waals surface area contributed by atoms with E-state index in [4.69, 9.17) is 9.79 Å². The van der Waals surface area contributed by atoms with Gasteiger partial charge in [-0.15, -0.1) is 11.3 Å². The van der Waals surface area contributed by atoms with Crippen LogP contribution in [0.25, 0.3) is 10.1 Å². The maximum absolute atomic E-state index is 14.5. The molecule has 4 aromatic rings. The number of thiophene rings is 1. The van der Waals surface area contributed by atoms with Gasteiger partial charge in [0.15, 0.2) is 0 Å². The van der Waals surface area contributed by atoms with Crippen LogP contribution in [-0.2, 0) is 19.8 Å². The van der Waals surface area contributed by atoms with E-state index in [1.165, 1.54) is 29.0 Å². The number of hydrogen-bond donors (Lipinski definition) is 4. The number of likely N-dealkylation sites (tertiary alicyclic amines) is 1. The van der Waals surface area contributed by atoms with Crippen LogP contribution < -0.4 is 15.5 Å². The minimum atomic E-state index is -5.80. The van der Waals surface area contributed by atoms with Crippen molar-refractivity contribution in [1.29, 1.82) is 0 Å². The Morgan fingerprint density at radius 3 is 2.14 bits per heavy atom. The summed E-state index contributed by atoms with van der Waals surface area (Å²) in [5.41, 5.74) is -4.63. The molecule has 4 amide bonds. The molecule has 4 N–H and O–H groups in total. The summed E-state index contributed by atoms with van der Waals surface area (Å²) < 4.78 is 41.5. The second-order valence-corrected chi connectivity index (χ2v) is 17.2. The van der Waals surface area contributed by atoms with E-state index in [9.17, 15) is 32.5 Å². The molecule has 2 atom stereocenters. The van der Waals surface area contributed by atoms with E-state index in [-0.39, 0.29) is 28.6 Å². The highest BCUT2D eigenvalue weighted by atomic mass is 127. The zero-order valence-electron chi connectivity index (χ0n) is 28.0. The number of alkyl halides is 2.